The topological polar surface area (TPSA) is 122 Å². The number of benzene rings is 3. The van der Waals surface area contributed by atoms with Crippen molar-refractivity contribution in [3.63, 3.8) is 0 Å². The first kappa shape index (κ1) is 26.3. The van der Waals surface area contributed by atoms with Crippen molar-refractivity contribution in [3.8, 4) is 11.5 Å². The number of unbranched alkanes of at least 4 members (excludes halogenated alkanes) is 1. The second-order valence-electron chi connectivity index (χ2n) is 8.10. The third-order valence-corrected chi connectivity index (χ3v) is 5.40. The van der Waals surface area contributed by atoms with Crippen LogP contribution < -0.4 is 14.8 Å². The van der Waals surface area contributed by atoms with Gasteiger partial charge in [-0.1, -0.05) is 36.4 Å². The first-order chi connectivity index (χ1) is 17.4. The summed E-state index contributed by atoms with van der Waals surface area (Å²) in [6.07, 6.45) is 3.03. The van der Waals surface area contributed by atoms with E-state index in [1.165, 1.54) is 12.1 Å². The lowest BCUT2D eigenvalue weighted by Crippen LogP contribution is -2.15. The summed E-state index contributed by atoms with van der Waals surface area (Å²) in [4.78, 5) is 34.9. The highest BCUT2D eigenvalue weighted by atomic mass is 16.5. The van der Waals surface area contributed by atoms with Crippen LogP contribution in [0.4, 0.5) is 5.69 Å². The molecular weight excluding hydrogens is 462 g/mol. The first-order valence-electron chi connectivity index (χ1n) is 11.7. The molecule has 8 nitrogen and oxygen atoms in total. The number of aryl methyl sites for hydroxylation is 1. The Kier molecular flexibility index (Phi) is 9.88. The van der Waals surface area contributed by atoms with Crippen molar-refractivity contribution in [2.75, 3.05) is 18.5 Å². The molecule has 0 bridgehead atoms. The second kappa shape index (κ2) is 13.5. The SMILES string of the molecule is O=C(CCCc1ccccc1OCCCCOc1ccccc1)Nc1ccc(C(=O)O)cc1C(=O)O. The van der Waals surface area contributed by atoms with Gasteiger partial charge in [0.1, 0.15) is 11.5 Å². The molecule has 0 saturated heterocycles. The first-order valence-corrected chi connectivity index (χ1v) is 11.7. The smallest absolute Gasteiger partial charge is 0.337 e. The fourth-order valence-electron chi connectivity index (χ4n) is 3.56. The number of rotatable bonds is 14. The van der Waals surface area contributed by atoms with Gasteiger partial charge in [-0.2, -0.15) is 0 Å². The van der Waals surface area contributed by atoms with Gasteiger partial charge in [-0.15, -0.1) is 0 Å². The van der Waals surface area contributed by atoms with Crippen LogP contribution in [0.25, 0.3) is 0 Å². The summed E-state index contributed by atoms with van der Waals surface area (Å²) in [5, 5.41) is 21.0. The molecule has 0 atom stereocenters. The molecule has 3 aromatic rings. The van der Waals surface area contributed by atoms with E-state index in [9.17, 15) is 19.5 Å². The molecule has 0 aliphatic rings. The van der Waals surface area contributed by atoms with Crippen LogP contribution in [0.5, 0.6) is 11.5 Å². The van der Waals surface area contributed by atoms with Crippen molar-refractivity contribution in [3.05, 3.63) is 89.5 Å². The summed E-state index contributed by atoms with van der Waals surface area (Å²) < 4.78 is 11.6. The molecule has 0 fully saturated rings. The Labute approximate surface area is 209 Å². The van der Waals surface area contributed by atoms with Crippen molar-refractivity contribution in [2.45, 2.75) is 32.1 Å². The number of anilines is 1. The number of amides is 1. The molecule has 8 heteroatoms. The molecule has 0 aliphatic heterocycles. The predicted molar refractivity (Wildman–Crippen MR) is 135 cm³/mol. The molecule has 0 saturated carbocycles. The highest BCUT2D eigenvalue weighted by Gasteiger charge is 2.16. The van der Waals surface area contributed by atoms with Crippen molar-refractivity contribution in [2.24, 2.45) is 0 Å². The minimum absolute atomic E-state index is 0.0671. The number of para-hydroxylation sites is 2. The number of carboxylic acids is 2. The van der Waals surface area contributed by atoms with Gasteiger partial charge in [-0.05, 0) is 67.6 Å². The van der Waals surface area contributed by atoms with Crippen LogP contribution in [0.3, 0.4) is 0 Å². The number of hydrogen-bond donors (Lipinski definition) is 3. The summed E-state index contributed by atoms with van der Waals surface area (Å²) >= 11 is 0. The van der Waals surface area contributed by atoms with E-state index in [0.29, 0.717) is 26.1 Å². The van der Waals surface area contributed by atoms with Crippen LogP contribution in [0, 0.1) is 0 Å². The third-order valence-electron chi connectivity index (χ3n) is 5.40. The highest BCUT2D eigenvalue weighted by Crippen LogP contribution is 2.22. The zero-order valence-electron chi connectivity index (χ0n) is 19.8. The number of aromatic carboxylic acids is 2. The molecule has 3 aromatic carbocycles. The summed E-state index contributed by atoms with van der Waals surface area (Å²) in [6, 6.07) is 20.9. The number of nitrogens with one attached hydrogen (secondary N) is 1. The van der Waals surface area contributed by atoms with Gasteiger partial charge < -0.3 is 25.0 Å². The Bertz CT molecular complexity index is 1180. The van der Waals surface area contributed by atoms with Gasteiger partial charge in [0.15, 0.2) is 0 Å². The number of carbonyl (C=O) groups excluding carboxylic acids is 1. The minimum Gasteiger partial charge on any atom is -0.494 e. The standard InChI is InChI=1S/C28H29NO7/c30-26(29-24-16-15-21(27(31)32)19-23(24)28(33)34)14-8-10-20-9-4-5-13-25(20)36-18-7-6-17-35-22-11-2-1-3-12-22/h1-5,9,11-13,15-16,19H,6-8,10,14,17-18H2,(H,29,30)(H,31,32)(H,33,34). The molecular formula is C28H29NO7. The maximum absolute atomic E-state index is 12.4. The largest absolute Gasteiger partial charge is 0.494 e. The van der Waals surface area contributed by atoms with E-state index in [0.717, 1.165) is 36.0 Å². The van der Waals surface area contributed by atoms with E-state index in [2.05, 4.69) is 5.32 Å². The van der Waals surface area contributed by atoms with Gasteiger partial charge in [0.25, 0.3) is 0 Å². The zero-order valence-corrected chi connectivity index (χ0v) is 19.8. The van der Waals surface area contributed by atoms with E-state index in [4.69, 9.17) is 14.6 Å². The number of carbonyl (C=O) groups is 3. The molecule has 0 aliphatic carbocycles. The van der Waals surface area contributed by atoms with E-state index in [1.807, 2.05) is 54.6 Å². The number of hydrogen-bond acceptors (Lipinski definition) is 5. The molecule has 188 valence electrons. The Morgan fingerprint density at radius 2 is 1.44 bits per heavy atom. The Hall–Kier alpha value is -4.33. The molecule has 0 aromatic heterocycles. The van der Waals surface area contributed by atoms with Crippen LogP contribution in [-0.4, -0.2) is 41.3 Å². The summed E-state index contributed by atoms with van der Waals surface area (Å²) in [7, 11) is 0. The van der Waals surface area contributed by atoms with E-state index in [-0.39, 0.29) is 29.1 Å². The lowest BCUT2D eigenvalue weighted by atomic mass is 10.1. The maximum atomic E-state index is 12.4. The quantitative estimate of drug-likeness (QED) is 0.262. The summed E-state index contributed by atoms with van der Waals surface area (Å²) in [6.45, 7) is 1.17. The van der Waals surface area contributed by atoms with Gasteiger partial charge in [-0.25, -0.2) is 9.59 Å². The van der Waals surface area contributed by atoms with Crippen molar-refractivity contribution >= 4 is 23.5 Å². The van der Waals surface area contributed by atoms with Crippen LogP contribution in [0.1, 0.15) is 52.0 Å². The Morgan fingerprint density at radius 1 is 0.750 bits per heavy atom. The Morgan fingerprint density at radius 3 is 2.17 bits per heavy atom. The van der Waals surface area contributed by atoms with Crippen LogP contribution in [0.15, 0.2) is 72.8 Å². The van der Waals surface area contributed by atoms with Gasteiger partial charge >= 0.3 is 11.9 Å². The lowest BCUT2D eigenvalue weighted by molar-refractivity contribution is -0.116. The Balaban J connectivity index is 1.43. The van der Waals surface area contributed by atoms with E-state index in [1.54, 1.807) is 0 Å². The van der Waals surface area contributed by atoms with Gasteiger partial charge in [0.05, 0.1) is 30.0 Å². The van der Waals surface area contributed by atoms with Crippen LogP contribution >= 0.6 is 0 Å². The molecule has 0 heterocycles. The second-order valence-corrected chi connectivity index (χ2v) is 8.10. The number of carboxylic acid groups (broad SMARTS) is 2. The lowest BCUT2D eigenvalue weighted by Gasteiger charge is -2.12. The van der Waals surface area contributed by atoms with E-state index >= 15 is 0 Å². The molecule has 0 unspecified atom stereocenters. The molecule has 0 spiro atoms. The summed E-state index contributed by atoms with van der Waals surface area (Å²) in [5.74, 6) is -1.27. The fraction of sp³-hybridized carbons (Fsp3) is 0.250. The summed E-state index contributed by atoms with van der Waals surface area (Å²) in [5.41, 5.74) is 0.627. The van der Waals surface area contributed by atoms with Crippen molar-refractivity contribution in [1.82, 2.24) is 0 Å². The zero-order chi connectivity index (χ0) is 25.8. The highest BCUT2D eigenvalue weighted by molar-refractivity contribution is 6.02. The molecule has 3 N–H and O–H groups in total. The van der Waals surface area contributed by atoms with Gasteiger partial charge in [0, 0.05) is 6.42 Å². The van der Waals surface area contributed by atoms with Crippen LogP contribution in [0.2, 0.25) is 0 Å². The average molecular weight is 492 g/mol. The molecule has 3 rings (SSSR count). The monoisotopic (exact) mass is 491 g/mol. The normalized spacial score (nSPS) is 10.4. The van der Waals surface area contributed by atoms with Gasteiger partial charge in [-0.3, -0.25) is 4.79 Å². The van der Waals surface area contributed by atoms with Crippen LogP contribution in [-0.2, 0) is 11.2 Å². The molecule has 36 heavy (non-hydrogen) atoms. The minimum atomic E-state index is -1.31. The third kappa shape index (κ3) is 8.16. The molecule has 1 amide bonds. The molecule has 0 radical (unpaired) electrons. The van der Waals surface area contributed by atoms with Gasteiger partial charge in [0.2, 0.25) is 5.91 Å². The van der Waals surface area contributed by atoms with E-state index < -0.39 is 11.9 Å². The van der Waals surface area contributed by atoms with Crippen molar-refractivity contribution < 1.29 is 34.1 Å². The van der Waals surface area contributed by atoms with Crippen molar-refractivity contribution in [1.29, 1.82) is 0 Å². The number of ether oxygens (including phenoxy) is 2. The maximum Gasteiger partial charge on any atom is 0.337 e. The fourth-order valence-corrected chi connectivity index (χ4v) is 3.56. The predicted octanol–water partition coefficient (Wildman–Crippen LogP) is 5.28. The average Bonchev–Trinajstić information content (AvgIpc) is 2.87.